The molecule has 1 N–H and O–H groups in total. The molecule has 0 amide bonds. The fourth-order valence-corrected chi connectivity index (χ4v) is 3.47. The lowest BCUT2D eigenvalue weighted by Gasteiger charge is -2.06. The summed E-state index contributed by atoms with van der Waals surface area (Å²) in [5.74, 6) is 0.162. The van der Waals surface area contributed by atoms with Crippen molar-refractivity contribution in [3.8, 4) is 17.0 Å². The highest BCUT2D eigenvalue weighted by atomic mass is 32.2. The van der Waals surface area contributed by atoms with Crippen LogP contribution in [0.4, 0.5) is 0 Å². The first-order chi connectivity index (χ1) is 11.7. The highest BCUT2D eigenvalue weighted by molar-refractivity contribution is 7.99. The van der Waals surface area contributed by atoms with Crippen molar-refractivity contribution in [1.29, 1.82) is 0 Å². The third-order valence-electron chi connectivity index (χ3n) is 3.54. The van der Waals surface area contributed by atoms with Gasteiger partial charge in [-0.15, -0.1) is 0 Å². The molecular formula is C18H12N2O3S. The molecule has 6 heteroatoms. The molecule has 0 saturated carbocycles. The molecule has 3 aromatic heterocycles. The van der Waals surface area contributed by atoms with E-state index in [9.17, 15) is 9.90 Å². The van der Waals surface area contributed by atoms with E-state index in [4.69, 9.17) is 4.42 Å². The fourth-order valence-electron chi connectivity index (χ4n) is 2.46. The second-order valence-electron chi connectivity index (χ2n) is 5.10. The highest BCUT2D eigenvalue weighted by Crippen LogP contribution is 2.39. The Labute approximate surface area is 141 Å². The molecule has 0 fully saturated rings. The zero-order valence-electron chi connectivity index (χ0n) is 12.4. The van der Waals surface area contributed by atoms with E-state index in [0.717, 1.165) is 15.6 Å². The Morgan fingerprint density at radius 3 is 2.75 bits per heavy atom. The summed E-state index contributed by atoms with van der Waals surface area (Å²) < 4.78 is 6.71. The van der Waals surface area contributed by atoms with Crippen LogP contribution in [0, 0.1) is 0 Å². The average Bonchev–Trinajstić information content (AvgIpc) is 2.94. The van der Waals surface area contributed by atoms with Gasteiger partial charge in [-0.3, -0.25) is 4.40 Å². The molecule has 0 spiro atoms. The highest BCUT2D eigenvalue weighted by Gasteiger charge is 2.17. The van der Waals surface area contributed by atoms with Gasteiger partial charge in [0.05, 0.1) is 6.26 Å². The molecule has 0 saturated heterocycles. The number of fused-ring (bicyclic) bond motifs is 1. The normalized spacial score (nSPS) is 11.0. The quantitative estimate of drug-likeness (QED) is 0.616. The maximum Gasteiger partial charge on any atom is 0.336 e. The Hall–Kier alpha value is -2.99. The molecule has 0 radical (unpaired) electrons. The Morgan fingerprint density at radius 2 is 1.92 bits per heavy atom. The lowest BCUT2D eigenvalue weighted by Crippen LogP contribution is -1.95. The molecule has 5 nitrogen and oxygen atoms in total. The molecule has 0 bridgehead atoms. The van der Waals surface area contributed by atoms with E-state index in [1.807, 2.05) is 40.9 Å². The van der Waals surface area contributed by atoms with E-state index in [2.05, 4.69) is 4.98 Å². The van der Waals surface area contributed by atoms with Crippen LogP contribution in [0.15, 0.2) is 86.2 Å². The summed E-state index contributed by atoms with van der Waals surface area (Å²) >= 11 is 1.40. The molecule has 118 valence electrons. The number of hydrogen-bond donors (Lipinski definition) is 1. The van der Waals surface area contributed by atoms with Gasteiger partial charge in [0.1, 0.15) is 22.1 Å². The summed E-state index contributed by atoms with van der Waals surface area (Å²) in [6, 6.07) is 15.9. The largest absolute Gasteiger partial charge is 0.507 e. The van der Waals surface area contributed by atoms with Gasteiger partial charge in [0.2, 0.25) is 0 Å². The number of phenols is 1. The summed E-state index contributed by atoms with van der Waals surface area (Å²) in [5, 5.41) is 11.0. The first-order valence-corrected chi connectivity index (χ1v) is 8.06. The van der Waals surface area contributed by atoms with Crippen LogP contribution >= 0.6 is 11.8 Å². The standard InChI is InChI=1S/C18H12N2O3S/c21-14-6-2-1-5-13(14)17-18(20-9-4-3-7-15(20)19-17)24-12-8-10-23-16(22)11-12/h1-11,21H. The summed E-state index contributed by atoms with van der Waals surface area (Å²) in [5.41, 5.74) is 1.67. The molecule has 0 aliphatic carbocycles. The number of benzene rings is 1. The Morgan fingerprint density at radius 1 is 1.08 bits per heavy atom. The van der Waals surface area contributed by atoms with E-state index >= 15 is 0 Å². The number of aromatic hydroxyl groups is 1. The Bertz CT molecular complexity index is 1080. The van der Waals surface area contributed by atoms with Crippen LogP contribution in [0.5, 0.6) is 5.75 Å². The third kappa shape index (κ3) is 2.57. The van der Waals surface area contributed by atoms with E-state index < -0.39 is 5.63 Å². The van der Waals surface area contributed by atoms with E-state index in [1.54, 1.807) is 18.2 Å². The fraction of sp³-hybridized carbons (Fsp3) is 0. The minimum atomic E-state index is -0.405. The second-order valence-corrected chi connectivity index (χ2v) is 6.16. The van der Waals surface area contributed by atoms with Gasteiger partial charge in [-0.2, -0.15) is 0 Å². The first kappa shape index (κ1) is 14.6. The number of rotatable bonds is 3. The van der Waals surface area contributed by atoms with Gasteiger partial charge in [-0.25, -0.2) is 9.78 Å². The van der Waals surface area contributed by atoms with Crippen LogP contribution in [-0.2, 0) is 0 Å². The molecule has 0 aliphatic heterocycles. The van der Waals surface area contributed by atoms with Crippen molar-refractivity contribution in [2.75, 3.05) is 0 Å². The predicted molar refractivity (Wildman–Crippen MR) is 91.4 cm³/mol. The maximum atomic E-state index is 11.4. The van der Waals surface area contributed by atoms with Crippen molar-refractivity contribution < 1.29 is 9.52 Å². The third-order valence-corrected chi connectivity index (χ3v) is 4.61. The van der Waals surface area contributed by atoms with Crippen molar-refractivity contribution in [2.45, 2.75) is 9.92 Å². The molecular weight excluding hydrogens is 324 g/mol. The number of pyridine rings is 1. The topological polar surface area (TPSA) is 67.7 Å². The minimum absolute atomic E-state index is 0.162. The van der Waals surface area contributed by atoms with Crippen LogP contribution in [-0.4, -0.2) is 14.5 Å². The number of imidazole rings is 1. The summed E-state index contributed by atoms with van der Waals surface area (Å²) in [4.78, 5) is 16.8. The predicted octanol–water partition coefficient (Wildman–Crippen LogP) is 3.81. The number of phenolic OH excluding ortho intramolecular Hbond substituents is 1. The molecule has 1 aromatic carbocycles. The monoisotopic (exact) mass is 336 g/mol. The van der Waals surface area contributed by atoms with Crippen molar-refractivity contribution in [1.82, 2.24) is 9.38 Å². The zero-order valence-corrected chi connectivity index (χ0v) is 13.2. The van der Waals surface area contributed by atoms with Crippen molar-refractivity contribution >= 4 is 17.4 Å². The van der Waals surface area contributed by atoms with Gasteiger partial charge in [0, 0.05) is 22.7 Å². The van der Waals surface area contributed by atoms with Gasteiger partial charge in [0.15, 0.2) is 0 Å². The molecule has 0 atom stereocenters. The summed E-state index contributed by atoms with van der Waals surface area (Å²) in [6.07, 6.45) is 3.27. The second kappa shape index (κ2) is 5.90. The lowest BCUT2D eigenvalue weighted by molar-refractivity contribution is 0.477. The minimum Gasteiger partial charge on any atom is -0.507 e. The van der Waals surface area contributed by atoms with Crippen molar-refractivity contribution in [3.05, 3.63) is 77.5 Å². The number of aromatic nitrogens is 2. The molecule has 0 unspecified atom stereocenters. The maximum absolute atomic E-state index is 11.4. The van der Waals surface area contributed by atoms with Gasteiger partial charge < -0.3 is 9.52 Å². The van der Waals surface area contributed by atoms with Crippen LogP contribution in [0.25, 0.3) is 16.9 Å². The van der Waals surface area contributed by atoms with Gasteiger partial charge in [-0.05, 0) is 30.3 Å². The van der Waals surface area contributed by atoms with Gasteiger partial charge in [-0.1, -0.05) is 30.0 Å². The van der Waals surface area contributed by atoms with E-state index in [-0.39, 0.29) is 5.75 Å². The van der Waals surface area contributed by atoms with Crippen LogP contribution in [0.1, 0.15) is 0 Å². The Balaban J connectivity index is 1.94. The first-order valence-electron chi connectivity index (χ1n) is 7.24. The molecule has 4 aromatic rings. The zero-order chi connectivity index (χ0) is 16.5. The Kier molecular flexibility index (Phi) is 3.59. The van der Waals surface area contributed by atoms with Crippen LogP contribution in [0.3, 0.4) is 0 Å². The number of nitrogens with zero attached hydrogens (tertiary/aromatic N) is 2. The van der Waals surface area contributed by atoms with Gasteiger partial charge >= 0.3 is 5.63 Å². The molecule has 0 aliphatic rings. The smallest absolute Gasteiger partial charge is 0.336 e. The SMILES string of the molecule is O=c1cc(Sc2c(-c3ccccc3O)nc3ccccn23)cco1. The van der Waals surface area contributed by atoms with Crippen LogP contribution < -0.4 is 5.63 Å². The molecule has 4 rings (SSSR count). The number of hydrogen-bond acceptors (Lipinski definition) is 5. The van der Waals surface area contributed by atoms with E-state index in [0.29, 0.717) is 11.3 Å². The molecule has 3 heterocycles. The summed E-state index contributed by atoms with van der Waals surface area (Å²) in [7, 11) is 0. The lowest BCUT2D eigenvalue weighted by atomic mass is 10.1. The average molecular weight is 336 g/mol. The number of para-hydroxylation sites is 1. The van der Waals surface area contributed by atoms with Crippen molar-refractivity contribution in [3.63, 3.8) is 0 Å². The van der Waals surface area contributed by atoms with E-state index in [1.165, 1.54) is 24.1 Å². The van der Waals surface area contributed by atoms with Crippen LogP contribution in [0.2, 0.25) is 0 Å². The van der Waals surface area contributed by atoms with Crippen molar-refractivity contribution in [2.24, 2.45) is 0 Å². The molecule has 24 heavy (non-hydrogen) atoms. The van der Waals surface area contributed by atoms with Gasteiger partial charge in [0.25, 0.3) is 0 Å². The summed E-state index contributed by atoms with van der Waals surface area (Å²) in [6.45, 7) is 0.